The van der Waals surface area contributed by atoms with E-state index in [1.165, 1.54) is 0 Å². The van der Waals surface area contributed by atoms with E-state index in [2.05, 4.69) is 15.5 Å². The lowest BCUT2D eigenvalue weighted by Gasteiger charge is -2.14. The first kappa shape index (κ1) is 22.8. The van der Waals surface area contributed by atoms with Gasteiger partial charge in [0.05, 0.1) is 23.5 Å². The lowest BCUT2D eigenvalue weighted by molar-refractivity contribution is -0.121. The number of amides is 1. The zero-order valence-corrected chi connectivity index (χ0v) is 19.9. The first-order valence-electron chi connectivity index (χ1n) is 11.5. The number of rotatable bonds is 7. The van der Waals surface area contributed by atoms with Crippen LogP contribution >= 0.6 is 11.6 Å². The largest absolute Gasteiger partial charge is 0.350 e. The minimum absolute atomic E-state index is 0.0723. The fourth-order valence-corrected chi connectivity index (χ4v) is 4.38. The molecule has 7 nitrogen and oxygen atoms in total. The van der Waals surface area contributed by atoms with Crippen LogP contribution in [0.1, 0.15) is 36.3 Å². The second-order valence-electron chi connectivity index (χ2n) is 8.49. The number of benzene rings is 3. The molecule has 5 rings (SSSR count). The van der Waals surface area contributed by atoms with Gasteiger partial charge < -0.3 is 5.32 Å². The van der Waals surface area contributed by atoms with E-state index in [0.717, 1.165) is 16.6 Å². The van der Waals surface area contributed by atoms with E-state index in [1.54, 1.807) is 22.8 Å². The van der Waals surface area contributed by atoms with E-state index in [1.807, 2.05) is 72.0 Å². The van der Waals surface area contributed by atoms with Crippen LogP contribution in [0.4, 0.5) is 0 Å². The SMILES string of the molecule is CC(NC(=O)CCc1nnc2n(Cc3ccc(Cl)cc3)c(=O)c3ccccc3n12)c1ccccc1. The third-order valence-electron chi connectivity index (χ3n) is 6.08. The van der Waals surface area contributed by atoms with Gasteiger partial charge in [0.2, 0.25) is 11.7 Å². The number of aromatic nitrogens is 4. The fraction of sp³-hybridized carbons (Fsp3) is 0.185. The maximum absolute atomic E-state index is 13.3. The van der Waals surface area contributed by atoms with Crippen molar-refractivity contribution in [2.24, 2.45) is 0 Å². The van der Waals surface area contributed by atoms with Crippen molar-refractivity contribution in [2.75, 3.05) is 0 Å². The van der Waals surface area contributed by atoms with E-state index in [4.69, 9.17) is 11.6 Å². The van der Waals surface area contributed by atoms with Gasteiger partial charge in [-0.3, -0.25) is 18.6 Å². The van der Waals surface area contributed by atoms with E-state index in [-0.39, 0.29) is 23.9 Å². The first-order valence-corrected chi connectivity index (χ1v) is 11.8. The van der Waals surface area contributed by atoms with Crippen molar-refractivity contribution >= 4 is 34.2 Å². The number of halogens is 1. The molecule has 2 heterocycles. The predicted octanol–water partition coefficient (Wildman–Crippen LogP) is 4.56. The van der Waals surface area contributed by atoms with Crippen molar-refractivity contribution in [1.82, 2.24) is 24.5 Å². The fourth-order valence-electron chi connectivity index (χ4n) is 4.26. The van der Waals surface area contributed by atoms with Gasteiger partial charge in [0.25, 0.3) is 5.56 Å². The van der Waals surface area contributed by atoms with Gasteiger partial charge >= 0.3 is 0 Å². The maximum Gasteiger partial charge on any atom is 0.263 e. The van der Waals surface area contributed by atoms with Crippen molar-refractivity contribution < 1.29 is 4.79 Å². The summed E-state index contributed by atoms with van der Waals surface area (Å²) in [6, 6.07) is 24.5. The van der Waals surface area contributed by atoms with Gasteiger partial charge in [-0.05, 0) is 42.3 Å². The van der Waals surface area contributed by atoms with Gasteiger partial charge in [-0.15, -0.1) is 10.2 Å². The molecule has 0 radical (unpaired) electrons. The first-order chi connectivity index (χ1) is 17.0. The molecule has 8 heteroatoms. The number of fused-ring (bicyclic) bond motifs is 3. The summed E-state index contributed by atoms with van der Waals surface area (Å²) in [5.41, 5.74) is 2.55. The molecule has 0 fully saturated rings. The Kier molecular flexibility index (Phi) is 6.33. The van der Waals surface area contributed by atoms with Crippen molar-refractivity contribution in [3.63, 3.8) is 0 Å². The Morgan fingerprint density at radius 2 is 1.69 bits per heavy atom. The highest BCUT2D eigenvalue weighted by Gasteiger charge is 2.18. The Hall–Kier alpha value is -3.97. The number of hydrogen-bond donors (Lipinski definition) is 1. The van der Waals surface area contributed by atoms with Gasteiger partial charge in [-0.25, -0.2) is 0 Å². The van der Waals surface area contributed by atoms with Gasteiger partial charge in [0, 0.05) is 17.9 Å². The normalized spacial score (nSPS) is 12.2. The quantitative estimate of drug-likeness (QED) is 0.366. The highest BCUT2D eigenvalue weighted by Crippen LogP contribution is 2.18. The number of nitrogens with one attached hydrogen (secondary N) is 1. The molecule has 176 valence electrons. The third kappa shape index (κ3) is 4.68. The van der Waals surface area contributed by atoms with Crippen LogP contribution in [0, 0.1) is 0 Å². The smallest absolute Gasteiger partial charge is 0.263 e. The molecule has 1 amide bonds. The number of carbonyl (C=O) groups is 1. The summed E-state index contributed by atoms with van der Waals surface area (Å²) in [5.74, 6) is 0.997. The highest BCUT2D eigenvalue weighted by atomic mass is 35.5. The number of nitrogens with zero attached hydrogens (tertiary/aromatic N) is 4. The van der Waals surface area contributed by atoms with E-state index >= 15 is 0 Å². The molecule has 2 aromatic heterocycles. The maximum atomic E-state index is 13.3. The number of hydrogen-bond acceptors (Lipinski definition) is 4. The summed E-state index contributed by atoms with van der Waals surface area (Å²) in [6.45, 7) is 2.29. The molecular formula is C27H24ClN5O2. The van der Waals surface area contributed by atoms with Crippen LogP contribution in [0.25, 0.3) is 16.7 Å². The van der Waals surface area contributed by atoms with Gasteiger partial charge in [0.15, 0.2) is 0 Å². The van der Waals surface area contributed by atoms with Gasteiger partial charge in [0.1, 0.15) is 5.82 Å². The average molecular weight is 486 g/mol. The van der Waals surface area contributed by atoms with Gasteiger partial charge in [-0.2, -0.15) is 0 Å². The minimum Gasteiger partial charge on any atom is -0.350 e. The monoisotopic (exact) mass is 485 g/mol. The molecule has 0 spiro atoms. The molecule has 0 bridgehead atoms. The molecule has 1 N–H and O–H groups in total. The molecule has 35 heavy (non-hydrogen) atoms. The lowest BCUT2D eigenvalue weighted by Crippen LogP contribution is -2.27. The Morgan fingerprint density at radius 1 is 0.971 bits per heavy atom. The molecular weight excluding hydrogens is 462 g/mol. The molecule has 0 aliphatic carbocycles. The highest BCUT2D eigenvalue weighted by molar-refractivity contribution is 6.30. The molecule has 0 aliphatic heterocycles. The Morgan fingerprint density at radius 3 is 2.46 bits per heavy atom. The molecule has 0 saturated carbocycles. The summed E-state index contributed by atoms with van der Waals surface area (Å²) in [6.07, 6.45) is 0.639. The molecule has 3 aromatic carbocycles. The standard InChI is InChI=1S/C27H24ClN5O2/c1-18(20-7-3-2-4-8-20)29-25(34)16-15-24-30-31-27-32(17-19-11-13-21(28)14-12-19)26(35)22-9-5-6-10-23(22)33(24)27/h2-14,18H,15-17H2,1H3,(H,29,34). The zero-order chi connectivity index (χ0) is 24.4. The number of carbonyl (C=O) groups excluding carboxylic acids is 1. The Balaban J connectivity index is 1.45. The van der Waals surface area contributed by atoms with E-state index in [0.29, 0.717) is 35.0 Å². The van der Waals surface area contributed by atoms with Crippen LogP contribution in [0.15, 0.2) is 83.7 Å². The zero-order valence-electron chi connectivity index (χ0n) is 19.2. The van der Waals surface area contributed by atoms with Crippen LogP contribution in [0.5, 0.6) is 0 Å². The number of para-hydroxylation sites is 1. The Labute approximate surface area is 207 Å². The van der Waals surface area contributed by atoms with E-state index in [9.17, 15) is 9.59 Å². The third-order valence-corrected chi connectivity index (χ3v) is 6.33. The van der Waals surface area contributed by atoms with Crippen LogP contribution in [-0.4, -0.2) is 25.1 Å². The van der Waals surface area contributed by atoms with E-state index < -0.39 is 0 Å². The second kappa shape index (κ2) is 9.72. The van der Waals surface area contributed by atoms with Crippen LogP contribution in [0.3, 0.4) is 0 Å². The topological polar surface area (TPSA) is 81.3 Å². The number of aryl methyl sites for hydroxylation is 1. The predicted molar refractivity (Wildman–Crippen MR) is 137 cm³/mol. The molecule has 1 atom stereocenters. The lowest BCUT2D eigenvalue weighted by atomic mass is 10.1. The summed E-state index contributed by atoms with van der Waals surface area (Å²) < 4.78 is 3.49. The molecule has 1 unspecified atom stereocenters. The van der Waals surface area contributed by atoms with Crippen LogP contribution in [0.2, 0.25) is 5.02 Å². The van der Waals surface area contributed by atoms with Crippen molar-refractivity contribution in [3.05, 3.63) is 111 Å². The molecule has 0 saturated heterocycles. The average Bonchev–Trinajstić information content (AvgIpc) is 3.31. The second-order valence-corrected chi connectivity index (χ2v) is 8.92. The summed E-state index contributed by atoms with van der Waals surface area (Å²) in [7, 11) is 0. The van der Waals surface area contributed by atoms with Crippen LogP contribution < -0.4 is 10.9 Å². The Bertz CT molecular complexity index is 1560. The summed E-state index contributed by atoms with van der Waals surface area (Å²) in [5, 5.41) is 13.0. The van der Waals surface area contributed by atoms with Crippen LogP contribution in [-0.2, 0) is 17.8 Å². The van der Waals surface area contributed by atoms with Gasteiger partial charge in [-0.1, -0.05) is 66.2 Å². The summed E-state index contributed by atoms with van der Waals surface area (Å²) >= 11 is 6.02. The van der Waals surface area contributed by atoms with Crippen molar-refractivity contribution in [1.29, 1.82) is 0 Å². The minimum atomic E-state index is -0.142. The summed E-state index contributed by atoms with van der Waals surface area (Å²) in [4.78, 5) is 26.0. The van der Waals surface area contributed by atoms with Crippen molar-refractivity contribution in [3.8, 4) is 0 Å². The van der Waals surface area contributed by atoms with Crippen molar-refractivity contribution in [2.45, 2.75) is 32.4 Å². The molecule has 0 aliphatic rings. The molecule has 5 aromatic rings.